The van der Waals surface area contributed by atoms with Gasteiger partial charge in [-0.3, -0.25) is 4.79 Å². The molecule has 1 aromatic carbocycles. The van der Waals surface area contributed by atoms with Crippen LogP contribution in [0.5, 0.6) is 5.75 Å². The van der Waals surface area contributed by atoms with E-state index in [9.17, 15) is 9.59 Å². The summed E-state index contributed by atoms with van der Waals surface area (Å²) >= 11 is 11.4. The van der Waals surface area contributed by atoms with Gasteiger partial charge in [-0.25, -0.2) is 4.79 Å². The van der Waals surface area contributed by atoms with Gasteiger partial charge in [0.15, 0.2) is 0 Å². The molecule has 1 heterocycles. The Morgan fingerprint density at radius 1 is 1.29 bits per heavy atom. The lowest BCUT2D eigenvalue weighted by Crippen LogP contribution is -2.47. The number of nitrogens with zero attached hydrogens (tertiary/aromatic N) is 2. The minimum absolute atomic E-state index is 0.0216. The van der Waals surface area contributed by atoms with Crippen molar-refractivity contribution in [3.63, 3.8) is 0 Å². The minimum atomic E-state index is -0.245. The van der Waals surface area contributed by atoms with Crippen molar-refractivity contribution in [3.05, 3.63) is 24.3 Å². The number of hydrogen-bond acceptors (Lipinski definition) is 3. The van der Waals surface area contributed by atoms with E-state index in [2.05, 4.69) is 5.32 Å². The highest BCUT2D eigenvalue weighted by Crippen LogP contribution is 2.24. The Kier molecular flexibility index (Phi) is 6.99. The van der Waals surface area contributed by atoms with Crippen LogP contribution in [0, 0.1) is 0 Å². The number of rotatable bonds is 7. The van der Waals surface area contributed by atoms with Crippen LogP contribution in [0.4, 0.5) is 10.5 Å². The fourth-order valence-corrected chi connectivity index (χ4v) is 3.01. The zero-order valence-electron chi connectivity index (χ0n) is 13.5. The fourth-order valence-electron chi connectivity index (χ4n) is 2.60. The van der Waals surface area contributed by atoms with E-state index >= 15 is 0 Å². The number of ether oxygens (including phenoxy) is 1. The molecule has 6 nitrogen and oxygen atoms in total. The highest BCUT2D eigenvalue weighted by Gasteiger charge is 2.32. The normalized spacial score (nSPS) is 17.0. The zero-order chi connectivity index (χ0) is 17.5. The van der Waals surface area contributed by atoms with Gasteiger partial charge >= 0.3 is 6.03 Å². The number of halogens is 2. The van der Waals surface area contributed by atoms with Crippen LogP contribution < -0.4 is 15.0 Å². The van der Waals surface area contributed by atoms with Gasteiger partial charge in [0.25, 0.3) is 0 Å². The third-order valence-corrected chi connectivity index (χ3v) is 4.17. The molecule has 0 unspecified atom stereocenters. The van der Waals surface area contributed by atoms with E-state index < -0.39 is 0 Å². The lowest BCUT2D eigenvalue weighted by Gasteiger charge is -2.23. The van der Waals surface area contributed by atoms with Gasteiger partial charge in [-0.05, 0) is 24.3 Å². The molecule has 1 saturated heterocycles. The second-order valence-electron chi connectivity index (χ2n) is 5.42. The summed E-state index contributed by atoms with van der Waals surface area (Å²) < 4.78 is 5.12. The van der Waals surface area contributed by atoms with E-state index in [1.165, 1.54) is 0 Å². The molecular formula is C16H21Cl2N3O3. The number of nitrogens with one attached hydrogen (secondary N) is 1. The predicted molar refractivity (Wildman–Crippen MR) is 95.3 cm³/mol. The smallest absolute Gasteiger partial charge is 0.317 e. The second-order valence-corrected chi connectivity index (χ2v) is 6.17. The van der Waals surface area contributed by atoms with Crippen molar-refractivity contribution >= 4 is 40.8 Å². The lowest BCUT2D eigenvalue weighted by molar-refractivity contribution is -0.117. The zero-order valence-corrected chi connectivity index (χ0v) is 15.0. The van der Waals surface area contributed by atoms with Gasteiger partial charge in [0.1, 0.15) is 5.75 Å². The van der Waals surface area contributed by atoms with E-state index in [1.807, 2.05) is 12.1 Å². The molecule has 1 aromatic rings. The molecule has 1 aliphatic rings. The molecule has 1 aliphatic heterocycles. The van der Waals surface area contributed by atoms with Crippen molar-refractivity contribution in [2.45, 2.75) is 12.5 Å². The number of amides is 3. The first-order chi connectivity index (χ1) is 11.6. The Balaban J connectivity index is 1.96. The number of carbonyl (C=O) groups excluding carboxylic acids is 2. The van der Waals surface area contributed by atoms with E-state index in [1.54, 1.807) is 29.0 Å². The van der Waals surface area contributed by atoms with Crippen LogP contribution in [-0.2, 0) is 4.79 Å². The molecule has 0 aliphatic carbocycles. The Hall–Kier alpha value is -1.66. The van der Waals surface area contributed by atoms with Gasteiger partial charge in [0.05, 0.1) is 13.2 Å². The maximum absolute atomic E-state index is 12.3. The number of hydrogen-bond donors (Lipinski definition) is 1. The van der Waals surface area contributed by atoms with Crippen LogP contribution >= 0.6 is 23.2 Å². The van der Waals surface area contributed by atoms with Crippen LogP contribution in [-0.4, -0.2) is 61.4 Å². The van der Waals surface area contributed by atoms with Crippen LogP contribution in [0.15, 0.2) is 24.3 Å². The molecule has 1 atom stereocenters. The maximum atomic E-state index is 12.3. The number of urea groups is 1. The minimum Gasteiger partial charge on any atom is -0.497 e. The maximum Gasteiger partial charge on any atom is 0.317 e. The van der Waals surface area contributed by atoms with Gasteiger partial charge in [0.2, 0.25) is 5.91 Å². The molecule has 1 fully saturated rings. The molecule has 8 heteroatoms. The largest absolute Gasteiger partial charge is 0.497 e. The fraction of sp³-hybridized carbons (Fsp3) is 0.500. The Labute approximate surface area is 151 Å². The summed E-state index contributed by atoms with van der Waals surface area (Å²) in [5.74, 6) is 1.39. The molecule has 0 spiro atoms. The topological polar surface area (TPSA) is 61.9 Å². The van der Waals surface area contributed by atoms with Gasteiger partial charge < -0.3 is 19.9 Å². The van der Waals surface area contributed by atoms with E-state index in [-0.39, 0.29) is 24.4 Å². The summed E-state index contributed by atoms with van der Waals surface area (Å²) in [6.07, 6.45) is 0.271. The first-order valence-corrected chi connectivity index (χ1v) is 8.77. The van der Waals surface area contributed by atoms with E-state index in [0.717, 1.165) is 11.4 Å². The third kappa shape index (κ3) is 4.68. The molecule has 0 saturated carbocycles. The molecule has 2 rings (SSSR count). The summed E-state index contributed by atoms with van der Waals surface area (Å²) in [5.41, 5.74) is 0.788. The molecule has 3 amide bonds. The predicted octanol–water partition coefficient (Wildman–Crippen LogP) is 2.29. The van der Waals surface area contributed by atoms with Gasteiger partial charge in [-0.1, -0.05) is 0 Å². The Bertz CT molecular complexity index is 562. The molecule has 0 radical (unpaired) electrons. The molecule has 132 valence electrons. The SMILES string of the molecule is COc1ccc(N2C[C@H](NC(=O)N(CCCl)CCCl)CC2=O)cc1. The number of carbonyl (C=O) groups is 2. The van der Waals surface area contributed by atoms with Crippen molar-refractivity contribution in [1.82, 2.24) is 10.2 Å². The van der Waals surface area contributed by atoms with Crippen molar-refractivity contribution in [2.75, 3.05) is 43.4 Å². The van der Waals surface area contributed by atoms with Crippen LogP contribution in [0.1, 0.15) is 6.42 Å². The van der Waals surface area contributed by atoms with Crippen molar-refractivity contribution < 1.29 is 14.3 Å². The second kappa shape index (κ2) is 8.99. The van der Waals surface area contributed by atoms with Crippen LogP contribution in [0.25, 0.3) is 0 Å². The van der Waals surface area contributed by atoms with E-state index in [0.29, 0.717) is 31.4 Å². The van der Waals surface area contributed by atoms with Crippen molar-refractivity contribution in [1.29, 1.82) is 0 Å². The summed E-state index contributed by atoms with van der Waals surface area (Å²) in [7, 11) is 1.59. The van der Waals surface area contributed by atoms with E-state index in [4.69, 9.17) is 27.9 Å². The summed E-state index contributed by atoms with van der Waals surface area (Å²) in [5, 5.41) is 2.88. The average Bonchev–Trinajstić information content (AvgIpc) is 2.95. The van der Waals surface area contributed by atoms with Gasteiger partial charge in [-0.2, -0.15) is 0 Å². The first kappa shape index (κ1) is 18.7. The highest BCUT2D eigenvalue weighted by atomic mass is 35.5. The van der Waals surface area contributed by atoms with Crippen LogP contribution in [0.2, 0.25) is 0 Å². The number of benzene rings is 1. The third-order valence-electron chi connectivity index (χ3n) is 3.83. The van der Waals surface area contributed by atoms with Crippen molar-refractivity contribution in [2.24, 2.45) is 0 Å². The highest BCUT2D eigenvalue weighted by molar-refractivity contribution is 6.18. The van der Waals surface area contributed by atoms with Crippen molar-refractivity contribution in [3.8, 4) is 5.75 Å². The Morgan fingerprint density at radius 3 is 2.46 bits per heavy atom. The summed E-state index contributed by atoms with van der Waals surface area (Å²) in [4.78, 5) is 27.7. The number of alkyl halides is 2. The molecule has 24 heavy (non-hydrogen) atoms. The van der Waals surface area contributed by atoms with Gasteiger partial charge in [0, 0.05) is 43.5 Å². The summed E-state index contributed by atoms with van der Waals surface area (Å²) in [6.45, 7) is 1.28. The average molecular weight is 374 g/mol. The standard InChI is InChI=1S/C16H21Cl2N3O3/c1-24-14-4-2-13(3-5-14)21-11-12(10-15(21)22)19-16(23)20(8-6-17)9-7-18/h2-5,12H,6-11H2,1H3,(H,19,23)/t12-/m1/s1. The molecule has 1 N–H and O–H groups in total. The molecular weight excluding hydrogens is 353 g/mol. The number of methoxy groups -OCH3 is 1. The molecule has 0 bridgehead atoms. The Morgan fingerprint density at radius 2 is 1.92 bits per heavy atom. The monoisotopic (exact) mass is 373 g/mol. The number of anilines is 1. The van der Waals surface area contributed by atoms with Crippen LogP contribution in [0.3, 0.4) is 0 Å². The summed E-state index contributed by atoms with van der Waals surface area (Å²) in [6, 6.07) is 6.78. The first-order valence-electron chi connectivity index (χ1n) is 7.70. The lowest BCUT2D eigenvalue weighted by atomic mass is 10.2. The quantitative estimate of drug-likeness (QED) is 0.745. The van der Waals surface area contributed by atoms with Gasteiger partial charge in [-0.15, -0.1) is 23.2 Å². The molecule has 0 aromatic heterocycles.